The number of sulfone groups is 1. The van der Waals surface area contributed by atoms with Crippen molar-refractivity contribution in [1.29, 1.82) is 0 Å². The standard InChI is InChI=1S/C19H26N2O5S/c1-13(2)19(4)12-17(23)21(18(19)24)10-5-11-27(25,26)16-8-6-15(7-9-16)20-14(3)22/h6-9,13H,5,10-12H2,1-4H3,(H,20,22)/t19-/m1/s1. The largest absolute Gasteiger partial charge is 0.326 e. The third-order valence-corrected chi connectivity index (χ3v) is 6.97. The first kappa shape index (κ1) is 21.1. The van der Waals surface area contributed by atoms with E-state index in [9.17, 15) is 22.8 Å². The van der Waals surface area contributed by atoms with Gasteiger partial charge in [0.25, 0.3) is 0 Å². The molecule has 7 nitrogen and oxygen atoms in total. The van der Waals surface area contributed by atoms with E-state index in [-0.39, 0.29) is 53.7 Å². The average molecular weight is 394 g/mol. The van der Waals surface area contributed by atoms with Crippen LogP contribution in [0.15, 0.2) is 29.2 Å². The lowest BCUT2D eigenvalue weighted by Crippen LogP contribution is -2.37. The van der Waals surface area contributed by atoms with Gasteiger partial charge in [-0.1, -0.05) is 13.8 Å². The van der Waals surface area contributed by atoms with Gasteiger partial charge in [-0.3, -0.25) is 19.3 Å². The number of likely N-dealkylation sites (tertiary alicyclic amines) is 1. The number of benzene rings is 1. The molecular formula is C19H26N2O5S. The second kappa shape index (κ2) is 7.80. The molecular weight excluding hydrogens is 368 g/mol. The van der Waals surface area contributed by atoms with Crippen molar-refractivity contribution in [2.24, 2.45) is 11.3 Å². The fraction of sp³-hybridized carbons (Fsp3) is 0.526. The Bertz CT molecular complexity index is 845. The van der Waals surface area contributed by atoms with Crippen LogP contribution in [0.3, 0.4) is 0 Å². The maximum absolute atomic E-state index is 12.6. The van der Waals surface area contributed by atoms with Crippen LogP contribution in [0.2, 0.25) is 0 Å². The van der Waals surface area contributed by atoms with Crippen LogP contribution in [0.1, 0.15) is 40.5 Å². The van der Waals surface area contributed by atoms with E-state index >= 15 is 0 Å². The predicted octanol–water partition coefficient (Wildman–Crippen LogP) is 2.23. The molecule has 0 bridgehead atoms. The Balaban J connectivity index is 1.99. The normalized spacial score (nSPS) is 20.4. The predicted molar refractivity (Wildman–Crippen MR) is 102 cm³/mol. The summed E-state index contributed by atoms with van der Waals surface area (Å²) in [7, 11) is -3.54. The number of rotatable bonds is 7. The molecule has 8 heteroatoms. The van der Waals surface area contributed by atoms with Gasteiger partial charge in [-0.2, -0.15) is 0 Å². The Labute approximate surface area is 160 Å². The maximum Gasteiger partial charge on any atom is 0.235 e. The second-order valence-electron chi connectivity index (χ2n) is 7.48. The third-order valence-electron chi connectivity index (χ3n) is 5.16. The number of carbonyl (C=O) groups excluding carboxylic acids is 3. The summed E-state index contributed by atoms with van der Waals surface area (Å²) in [5.41, 5.74) is -0.196. The van der Waals surface area contributed by atoms with Crippen LogP contribution in [0, 0.1) is 11.3 Å². The van der Waals surface area contributed by atoms with Gasteiger partial charge in [0.15, 0.2) is 9.84 Å². The fourth-order valence-corrected chi connectivity index (χ4v) is 4.36. The van der Waals surface area contributed by atoms with Crippen LogP contribution < -0.4 is 5.32 Å². The minimum absolute atomic E-state index is 0.0322. The third kappa shape index (κ3) is 4.55. The lowest BCUT2D eigenvalue weighted by Gasteiger charge is -2.26. The summed E-state index contributed by atoms with van der Waals surface area (Å²) < 4.78 is 24.9. The summed E-state index contributed by atoms with van der Waals surface area (Å²) in [5, 5.41) is 2.57. The zero-order chi connectivity index (χ0) is 20.4. The van der Waals surface area contributed by atoms with Crippen molar-refractivity contribution >= 4 is 33.2 Å². The Morgan fingerprint density at radius 2 is 1.81 bits per heavy atom. The zero-order valence-electron chi connectivity index (χ0n) is 16.1. The number of hydrogen-bond acceptors (Lipinski definition) is 5. The minimum Gasteiger partial charge on any atom is -0.326 e. The summed E-state index contributed by atoms with van der Waals surface area (Å²) in [6.07, 6.45) is 0.350. The van der Waals surface area contributed by atoms with Crippen LogP contribution in [0.5, 0.6) is 0 Å². The molecule has 0 aliphatic carbocycles. The highest BCUT2D eigenvalue weighted by molar-refractivity contribution is 7.91. The van der Waals surface area contributed by atoms with E-state index in [0.29, 0.717) is 5.69 Å². The number of nitrogens with zero attached hydrogens (tertiary/aromatic N) is 1. The quantitative estimate of drug-likeness (QED) is 0.715. The van der Waals surface area contributed by atoms with Crippen molar-refractivity contribution in [2.75, 3.05) is 17.6 Å². The highest BCUT2D eigenvalue weighted by atomic mass is 32.2. The highest BCUT2D eigenvalue weighted by Crippen LogP contribution is 2.39. The Hall–Kier alpha value is -2.22. The van der Waals surface area contributed by atoms with Gasteiger partial charge in [0, 0.05) is 25.6 Å². The summed E-state index contributed by atoms with van der Waals surface area (Å²) in [4.78, 5) is 37.1. The lowest BCUT2D eigenvalue weighted by molar-refractivity contribution is -0.142. The molecule has 1 aliphatic rings. The van der Waals surface area contributed by atoms with Gasteiger partial charge in [0.05, 0.1) is 16.1 Å². The monoisotopic (exact) mass is 394 g/mol. The van der Waals surface area contributed by atoms with E-state index < -0.39 is 15.3 Å². The van der Waals surface area contributed by atoms with E-state index in [1.807, 2.05) is 13.8 Å². The molecule has 1 aromatic rings. The molecule has 148 valence electrons. The van der Waals surface area contributed by atoms with Crippen molar-refractivity contribution in [3.05, 3.63) is 24.3 Å². The molecule has 3 amide bonds. The summed E-state index contributed by atoms with van der Waals surface area (Å²) in [6, 6.07) is 5.91. The maximum atomic E-state index is 12.6. The number of hydrogen-bond donors (Lipinski definition) is 1. The van der Waals surface area contributed by atoms with Gasteiger partial charge in [0.1, 0.15) is 0 Å². The van der Waals surface area contributed by atoms with Crippen LogP contribution in [0.4, 0.5) is 5.69 Å². The molecule has 1 fully saturated rings. The number of carbonyl (C=O) groups is 3. The van der Waals surface area contributed by atoms with E-state index in [1.165, 1.54) is 36.1 Å². The molecule has 1 aliphatic heterocycles. The van der Waals surface area contributed by atoms with Crippen LogP contribution in [-0.4, -0.2) is 43.3 Å². The summed E-state index contributed by atoms with van der Waals surface area (Å²) >= 11 is 0. The molecule has 0 spiro atoms. The van der Waals surface area contributed by atoms with Gasteiger partial charge >= 0.3 is 0 Å². The second-order valence-corrected chi connectivity index (χ2v) is 9.59. The average Bonchev–Trinajstić information content (AvgIpc) is 2.79. The Morgan fingerprint density at radius 1 is 1.22 bits per heavy atom. The van der Waals surface area contributed by atoms with Crippen molar-refractivity contribution in [3.63, 3.8) is 0 Å². The number of anilines is 1. The molecule has 0 radical (unpaired) electrons. The van der Waals surface area contributed by atoms with Crippen LogP contribution >= 0.6 is 0 Å². The lowest BCUT2D eigenvalue weighted by atomic mass is 9.78. The van der Waals surface area contributed by atoms with Gasteiger partial charge in [-0.15, -0.1) is 0 Å². The number of imide groups is 1. The Morgan fingerprint density at radius 3 is 2.30 bits per heavy atom. The van der Waals surface area contributed by atoms with E-state index in [2.05, 4.69) is 5.32 Å². The zero-order valence-corrected chi connectivity index (χ0v) is 16.9. The van der Waals surface area contributed by atoms with Crippen LogP contribution in [-0.2, 0) is 24.2 Å². The molecule has 1 heterocycles. The number of amides is 3. The molecule has 1 aromatic carbocycles. The van der Waals surface area contributed by atoms with Crippen molar-refractivity contribution in [3.8, 4) is 0 Å². The number of nitrogens with one attached hydrogen (secondary N) is 1. The van der Waals surface area contributed by atoms with Crippen LogP contribution in [0.25, 0.3) is 0 Å². The van der Waals surface area contributed by atoms with Gasteiger partial charge in [0.2, 0.25) is 17.7 Å². The first-order valence-corrected chi connectivity index (χ1v) is 10.6. The van der Waals surface area contributed by atoms with E-state index in [0.717, 1.165) is 0 Å². The van der Waals surface area contributed by atoms with Gasteiger partial charge in [-0.25, -0.2) is 8.42 Å². The molecule has 27 heavy (non-hydrogen) atoms. The molecule has 0 unspecified atom stereocenters. The Kier molecular flexibility index (Phi) is 6.09. The SMILES string of the molecule is CC(=O)Nc1ccc(S(=O)(=O)CCCN2C(=O)C[C@](C)(C(C)C)C2=O)cc1. The van der Waals surface area contributed by atoms with Crippen molar-refractivity contribution in [1.82, 2.24) is 4.90 Å². The molecule has 1 N–H and O–H groups in total. The molecule has 1 atom stereocenters. The van der Waals surface area contributed by atoms with Gasteiger partial charge < -0.3 is 5.32 Å². The molecule has 0 aromatic heterocycles. The van der Waals surface area contributed by atoms with Crippen molar-refractivity contribution < 1.29 is 22.8 Å². The minimum atomic E-state index is -3.54. The topological polar surface area (TPSA) is 101 Å². The van der Waals surface area contributed by atoms with E-state index in [4.69, 9.17) is 0 Å². The first-order chi connectivity index (χ1) is 12.5. The molecule has 1 saturated heterocycles. The molecule has 2 rings (SSSR count). The van der Waals surface area contributed by atoms with Gasteiger partial charge in [-0.05, 0) is 43.5 Å². The molecule has 0 saturated carbocycles. The summed E-state index contributed by atoms with van der Waals surface area (Å²) in [6.45, 7) is 7.07. The fourth-order valence-electron chi connectivity index (χ4n) is 3.06. The van der Waals surface area contributed by atoms with Crippen molar-refractivity contribution in [2.45, 2.75) is 45.4 Å². The summed E-state index contributed by atoms with van der Waals surface area (Å²) in [5.74, 6) is -0.835. The van der Waals surface area contributed by atoms with E-state index in [1.54, 1.807) is 6.92 Å². The first-order valence-electron chi connectivity index (χ1n) is 8.92. The smallest absolute Gasteiger partial charge is 0.235 e. The highest BCUT2D eigenvalue weighted by Gasteiger charge is 2.49.